The average molecular weight is 430 g/mol. The van der Waals surface area contributed by atoms with Crippen molar-refractivity contribution in [2.45, 2.75) is 32.6 Å². The first kappa shape index (κ1) is 23.1. The third-order valence-electron chi connectivity index (χ3n) is 5.15. The van der Waals surface area contributed by atoms with Crippen LogP contribution in [-0.4, -0.2) is 0 Å². The summed E-state index contributed by atoms with van der Waals surface area (Å²) in [5.41, 5.74) is 2.35. The van der Waals surface area contributed by atoms with Crippen molar-refractivity contribution in [2.75, 3.05) is 0 Å². The molecule has 0 unspecified atom stereocenters. The van der Waals surface area contributed by atoms with Crippen molar-refractivity contribution >= 4 is 24.8 Å². The second-order valence-electron chi connectivity index (χ2n) is 11.7. The molecule has 0 heterocycles. The van der Waals surface area contributed by atoms with Gasteiger partial charge in [0, 0.05) is 0 Å². The summed E-state index contributed by atoms with van der Waals surface area (Å²) in [6, 6.07) is 18.9. The maximum atomic E-state index is 7.10. The van der Waals surface area contributed by atoms with Crippen LogP contribution in [-0.2, 0) is 13.1 Å². The molecule has 1 nitrogen and oxygen atoms in total. The van der Waals surface area contributed by atoms with Crippen molar-refractivity contribution < 1.29 is 16.4 Å². The van der Waals surface area contributed by atoms with Crippen LogP contribution < -0.4 is 3.32 Å². The molecule has 2 aromatic carbocycles. The van der Waals surface area contributed by atoms with Gasteiger partial charge in [0.15, 0.2) is 0 Å². The summed E-state index contributed by atoms with van der Waals surface area (Å²) in [6.45, 7) is 0. The molecule has 143 valence electrons. The van der Waals surface area contributed by atoms with Crippen LogP contribution >= 0.6 is 24.8 Å². The molecule has 0 amide bonds. The normalized spacial score (nSPS) is 17.4. The Kier molecular flexibility index (Phi) is 5.33. The average Bonchev–Trinajstić information content (AvgIpc) is 3.03. The van der Waals surface area contributed by atoms with Gasteiger partial charge in [-0.2, -0.15) is 0 Å². The van der Waals surface area contributed by atoms with Gasteiger partial charge in [0.25, 0.3) is 0 Å². The summed E-state index contributed by atoms with van der Waals surface area (Å²) in [7, 11) is 0. The fraction of sp³-hybridized carbons (Fsp3) is 0.273. The Morgan fingerprint density at radius 2 is 1.35 bits per heavy atom. The molecule has 4 heteroatoms. The fourth-order valence-electron chi connectivity index (χ4n) is 3.53. The van der Waals surface area contributed by atoms with E-state index in [2.05, 4.69) is 92.9 Å². The minimum atomic E-state index is -4.32. The van der Waals surface area contributed by atoms with E-state index in [1.807, 2.05) is 6.07 Å². The molecule has 0 fully saturated rings. The third-order valence-corrected chi connectivity index (χ3v) is 13.3. The molecule has 26 heavy (non-hydrogen) atoms. The molecular weight excluding hydrogens is 399 g/mol. The zero-order valence-corrected chi connectivity index (χ0v) is 19.6. The van der Waals surface area contributed by atoms with Crippen LogP contribution in [0.4, 0.5) is 0 Å². The minimum absolute atomic E-state index is 0. The molecule has 0 bridgehead atoms. The number of hydrogen-bond donors (Lipinski definition) is 0. The van der Waals surface area contributed by atoms with Crippen molar-refractivity contribution in [1.82, 2.24) is 0 Å². The third kappa shape index (κ3) is 4.64. The van der Waals surface area contributed by atoms with E-state index in [0.717, 1.165) is 17.7 Å². The molecule has 0 saturated heterocycles. The van der Waals surface area contributed by atoms with Gasteiger partial charge in [-0.05, 0) is 0 Å². The first-order valence-corrected chi connectivity index (χ1v) is 18.1. The zero-order valence-electron chi connectivity index (χ0n) is 16.4. The van der Waals surface area contributed by atoms with Gasteiger partial charge in [-0.25, -0.2) is 0 Å². The molecule has 1 aliphatic rings. The topological polar surface area (TPSA) is 9.23 Å². The van der Waals surface area contributed by atoms with Crippen LogP contribution in [0.1, 0.15) is 6.42 Å². The molecule has 0 aromatic heterocycles. The van der Waals surface area contributed by atoms with Gasteiger partial charge in [-0.15, -0.1) is 24.8 Å². The van der Waals surface area contributed by atoms with E-state index < -0.39 is 13.1 Å². The monoisotopic (exact) mass is 429 g/mol. The number of benzene rings is 2. The van der Waals surface area contributed by atoms with E-state index in [1.165, 1.54) is 9.44 Å². The van der Waals surface area contributed by atoms with E-state index in [4.69, 9.17) is 3.32 Å². The van der Waals surface area contributed by atoms with Crippen LogP contribution in [0.5, 0.6) is 5.75 Å². The summed E-state index contributed by atoms with van der Waals surface area (Å²) < 4.78 is 8.54. The first-order valence-electron chi connectivity index (χ1n) is 8.86. The zero-order chi connectivity index (χ0) is 17.6. The molecule has 0 spiro atoms. The van der Waals surface area contributed by atoms with Crippen LogP contribution in [0.15, 0.2) is 76.7 Å². The summed E-state index contributed by atoms with van der Waals surface area (Å²) in [4.78, 5) is 0. The van der Waals surface area contributed by atoms with E-state index in [1.54, 1.807) is 0 Å². The Morgan fingerprint density at radius 3 is 1.92 bits per heavy atom. The van der Waals surface area contributed by atoms with Gasteiger partial charge >= 0.3 is 143 Å². The van der Waals surface area contributed by atoms with Crippen LogP contribution in [0.3, 0.4) is 0 Å². The van der Waals surface area contributed by atoms with Crippen molar-refractivity contribution in [3.63, 3.8) is 0 Å². The van der Waals surface area contributed by atoms with Crippen LogP contribution in [0.25, 0.3) is 11.1 Å². The Labute approximate surface area is 166 Å². The van der Waals surface area contributed by atoms with Gasteiger partial charge in [0.05, 0.1) is 0 Å². The summed E-state index contributed by atoms with van der Waals surface area (Å²) in [6.07, 6.45) is 7.64. The van der Waals surface area contributed by atoms with Gasteiger partial charge < -0.3 is 0 Å². The molecule has 1 aliphatic carbocycles. The maximum absolute atomic E-state index is 7.10. The quantitative estimate of drug-likeness (QED) is 0.443. The Morgan fingerprint density at radius 1 is 0.769 bits per heavy atom. The number of halogens is 2. The number of allylic oxidation sites excluding steroid dienone is 4. The number of rotatable bonds is 4. The van der Waals surface area contributed by atoms with Crippen molar-refractivity contribution in [1.29, 1.82) is 0 Å². The van der Waals surface area contributed by atoms with Gasteiger partial charge in [0.2, 0.25) is 0 Å². The Balaban J connectivity index is 0.00000169. The van der Waals surface area contributed by atoms with Gasteiger partial charge in [-0.1, -0.05) is 0 Å². The molecular formula is C22H31Cl2OTi. The van der Waals surface area contributed by atoms with E-state index in [0.29, 0.717) is 0 Å². The molecule has 3 rings (SSSR count). The summed E-state index contributed by atoms with van der Waals surface area (Å²) in [5.74, 6) is 0.977. The molecule has 0 aliphatic heterocycles. The molecule has 0 saturated carbocycles. The van der Waals surface area contributed by atoms with Gasteiger partial charge in [0.1, 0.15) is 0 Å². The van der Waals surface area contributed by atoms with Crippen molar-refractivity contribution in [2.24, 2.45) is 0 Å². The van der Waals surface area contributed by atoms with Crippen LogP contribution in [0, 0.1) is 0 Å². The molecule has 0 atom stereocenters. The number of hydrogen-bond acceptors (Lipinski definition) is 1. The molecule has 0 N–H and O–H groups in total. The summed E-state index contributed by atoms with van der Waals surface area (Å²) in [5, 5.41) is 11.9. The second-order valence-corrected chi connectivity index (χ2v) is 36.0. The molecule has 0 radical (unpaired) electrons. The van der Waals surface area contributed by atoms with Gasteiger partial charge in [-0.3, -0.25) is 0 Å². The molecule has 2 aromatic rings. The van der Waals surface area contributed by atoms with E-state index in [9.17, 15) is 0 Å². The number of para-hydroxylation sites is 1. The second kappa shape index (κ2) is 6.01. The predicted molar refractivity (Wildman–Crippen MR) is 118 cm³/mol. The van der Waals surface area contributed by atoms with Crippen molar-refractivity contribution in [3.05, 3.63) is 76.7 Å². The Hall–Kier alpha value is -0.986. The van der Waals surface area contributed by atoms with Crippen molar-refractivity contribution in [3.8, 4) is 16.9 Å². The Bertz CT molecular complexity index is 868. The fourth-order valence-corrected chi connectivity index (χ4v) is 9.37. The van der Waals surface area contributed by atoms with E-state index in [-0.39, 0.29) is 24.8 Å². The standard InChI is InChI=1S/C12H10O.C5H5.5CH3.2ClH.Ti/c13-12-9-5-4-8-11(12)10-6-2-1-3-7-10;1-2-4-5-3-1;;;;;;;;/h1-9,13H;1-3H,4H2;5*1H3;2*1H;/q;;;;;;;;;+1/p-1. The predicted octanol–water partition coefficient (Wildman–Crippen LogP) is 8.34. The summed E-state index contributed by atoms with van der Waals surface area (Å²) >= 11 is -4.32. The first-order chi connectivity index (χ1) is 10.9. The SMILES string of the molecule is Cl.Cl.[CH3][Ti]([CH3])([CH3])([CH3])([CH3])([O]c1ccccc1-c1ccccc1)[C]1=CC=CC1. The van der Waals surface area contributed by atoms with E-state index >= 15 is 0 Å². The van der Waals surface area contributed by atoms with Crippen LogP contribution in [0.2, 0.25) is 26.1 Å².